The number of ether oxygens (including phenoxy) is 1. The molecule has 0 saturated carbocycles. The SMILES string of the molecule is Nc1cc(NCCO)ccc1OCCO. The van der Waals surface area contributed by atoms with Crippen molar-refractivity contribution in [3.8, 4) is 5.75 Å². The maximum absolute atomic E-state index is 8.62. The van der Waals surface area contributed by atoms with Crippen molar-refractivity contribution in [2.24, 2.45) is 0 Å². The van der Waals surface area contributed by atoms with Gasteiger partial charge in [-0.3, -0.25) is 0 Å². The minimum atomic E-state index is -0.0377. The fraction of sp³-hybridized carbons (Fsp3) is 0.400. The van der Waals surface area contributed by atoms with E-state index in [0.29, 0.717) is 18.0 Å². The molecule has 0 radical (unpaired) electrons. The van der Waals surface area contributed by atoms with Crippen molar-refractivity contribution >= 4 is 11.4 Å². The van der Waals surface area contributed by atoms with Gasteiger partial charge in [0, 0.05) is 12.2 Å². The molecule has 15 heavy (non-hydrogen) atoms. The number of hydrogen-bond acceptors (Lipinski definition) is 5. The van der Waals surface area contributed by atoms with E-state index in [2.05, 4.69) is 5.32 Å². The third-order valence-corrected chi connectivity index (χ3v) is 1.80. The monoisotopic (exact) mass is 212 g/mol. The topological polar surface area (TPSA) is 87.7 Å². The third kappa shape index (κ3) is 3.65. The van der Waals surface area contributed by atoms with Crippen molar-refractivity contribution in [1.82, 2.24) is 0 Å². The largest absolute Gasteiger partial charge is 0.489 e. The number of anilines is 2. The minimum absolute atomic E-state index is 0.0377. The van der Waals surface area contributed by atoms with E-state index in [4.69, 9.17) is 20.7 Å². The van der Waals surface area contributed by atoms with Crippen LogP contribution in [0.1, 0.15) is 0 Å². The van der Waals surface area contributed by atoms with E-state index in [9.17, 15) is 0 Å². The lowest BCUT2D eigenvalue weighted by Gasteiger charge is -2.10. The van der Waals surface area contributed by atoms with Gasteiger partial charge < -0.3 is 26.0 Å². The summed E-state index contributed by atoms with van der Waals surface area (Å²) in [6.07, 6.45) is 0. The van der Waals surface area contributed by atoms with Crippen LogP contribution in [0.25, 0.3) is 0 Å². The van der Waals surface area contributed by atoms with E-state index in [-0.39, 0.29) is 19.8 Å². The van der Waals surface area contributed by atoms with Crippen LogP contribution >= 0.6 is 0 Å². The Kier molecular flexibility index (Phi) is 4.73. The first-order valence-electron chi connectivity index (χ1n) is 4.76. The van der Waals surface area contributed by atoms with Crippen LogP contribution in [-0.4, -0.2) is 36.6 Å². The van der Waals surface area contributed by atoms with Crippen LogP contribution in [0, 0.1) is 0 Å². The number of aliphatic hydroxyl groups is 2. The van der Waals surface area contributed by atoms with Crippen LogP contribution < -0.4 is 15.8 Å². The Hall–Kier alpha value is -1.46. The summed E-state index contributed by atoms with van der Waals surface area (Å²) >= 11 is 0. The summed E-state index contributed by atoms with van der Waals surface area (Å²) < 4.78 is 5.19. The number of hydrogen-bond donors (Lipinski definition) is 4. The predicted octanol–water partition coefficient (Wildman–Crippen LogP) is 0.0441. The molecule has 5 heteroatoms. The number of aliphatic hydroxyl groups excluding tert-OH is 2. The van der Waals surface area contributed by atoms with Gasteiger partial charge in [-0.15, -0.1) is 0 Å². The summed E-state index contributed by atoms with van der Waals surface area (Å²) in [6.45, 7) is 0.747. The van der Waals surface area contributed by atoms with Crippen molar-refractivity contribution in [2.75, 3.05) is 37.4 Å². The first-order chi connectivity index (χ1) is 7.27. The normalized spacial score (nSPS) is 10.0. The molecule has 0 amide bonds. The summed E-state index contributed by atoms with van der Waals surface area (Å²) in [5.74, 6) is 0.554. The molecule has 0 aliphatic carbocycles. The van der Waals surface area contributed by atoms with Gasteiger partial charge in [-0.05, 0) is 18.2 Å². The first-order valence-corrected chi connectivity index (χ1v) is 4.76. The molecular weight excluding hydrogens is 196 g/mol. The molecule has 5 N–H and O–H groups in total. The molecule has 0 saturated heterocycles. The summed E-state index contributed by atoms with van der Waals surface area (Å²) in [5, 5.41) is 20.2. The van der Waals surface area contributed by atoms with Gasteiger partial charge in [0.15, 0.2) is 0 Å². The summed E-state index contributed by atoms with van der Waals surface area (Å²) in [6, 6.07) is 5.26. The van der Waals surface area contributed by atoms with Gasteiger partial charge in [-0.25, -0.2) is 0 Å². The van der Waals surface area contributed by atoms with Crippen molar-refractivity contribution in [3.63, 3.8) is 0 Å². The molecule has 5 nitrogen and oxygen atoms in total. The van der Waals surface area contributed by atoms with Crippen LogP contribution in [0.2, 0.25) is 0 Å². The zero-order chi connectivity index (χ0) is 11.1. The van der Waals surface area contributed by atoms with Gasteiger partial charge in [0.05, 0.1) is 18.9 Å². The summed E-state index contributed by atoms with van der Waals surface area (Å²) in [4.78, 5) is 0. The zero-order valence-electron chi connectivity index (χ0n) is 8.44. The number of nitrogens with two attached hydrogens (primary N) is 1. The van der Waals surface area contributed by atoms with Gasteiger partial charge >= 0.3 is 0 Å². The van der Waals surface area contributed by atoms with Crippen molar-refractivity contribution < 1.29 is 14.9 Å². The van der Waals surface area contributed by atoms with Crippen LogP contribution in [-0.2, 0) is 0 Å². The van der Waals surface area contributed by atoms with E-state index >= 15 is 0 Å². The van der Waals surface area contributed by atoms with E-state index < -0.39 is 0 Å². The Labute approximate surface area is 88.5 Å². The van der Waals surface area contributed by atoms with Crippen LogP contribution in [0.5, 0.6) is 5.75 Å². The molecule has 0 fully saturated rings. The molecular formula is C10H16N2O3. The lowest BCUT2D eigenvalue weighted by Crippen LogP contribution is -2.07. The Morgan fingerprint density at radius 3 is 2.67 bits per heavy atom. The molecule has 0 aromatic heterocycles. The lowest BCUT2D eigenvalue weighted by atomic mass is 10.2. The fourth-order valence-electron chi connectivity index (χ4n) is 1.15. The van der Waals surface area contributed by atoms with E-state index in [0.717, 1.165) is 5.69 Å². The van der Waals surface area contributed by atoms with Gasteiger partial charge in [-0.2, -0.15) is 0 Å². The third-order valence-electron chi connectivity index (χ3n) is 1.80. The molecule has 84 valence electrons. The molecule has 0 aliphatic rings. The number of nitrogens with one attached hydrogen (secondary N) is 1. The molecule has 0 bridgehead atoms. The molecule has 1 aromatic rings. The standard InChI is InChI=1S/C10H16N2O3/c11-9-7-8(12-3-4-13)1-2-10(9)15-6-5-14/h1-2,7,12-14H,3-6,11H2. The maximum Gasteiger partial charge on any atom is 0.142 e. The van der Waals surface area contributed by atoms with E-state index in [1.54, 1.807) is 18.2 Å². The highest BCUT2D eigenvalue weighted by Crippen LogP contribution is 2.24. The Morgan fingerprint density at radius 2 is 2.07 bits per heavy atom. The van der Waals surface area contributed by atoms with Crippen molar-refractivity contribution in [2.45, 2.75) is 0 Å². The van der Waals surface area contributed by atoms with Gasteiger partial charge in [0.1, 0.15) is 12.4 Å². The second kappa shape index (κ2) is 6.10. The highest BCUT2D eigenvalue weighted by atomic mass is 16.5. The van der Waals surface area contributed by atoms with E-state index in [1.165, 1.54) is 0 Å². The fourth-order valence-corrected chi connectivity index (χ4v) is 1.15. The molecule has 0 atom stereocenters. The van der Waals surface area contributed by atoms with Crippen molar-refractivity contribution in [1.29, 1.82) is 0 Å². The highest BCUT2D eigenvalue weighted by Gasteiger charge is 2.01. The van der Waals surface area contributed by atoms with Crippen molar-refractivity contribution in [3.05, 3.63) is 18.2 Å². The Balaban J connectivity index is 2.61. The molecule has 0 heterocycles. The average Bonchev–Trinajstić information content (AvgIpc) is 2.25. The second-order valence-electron chi connectivity index (χ2n) is 2.98. The zero-order valence-corrected chi connectivity index (χ0v) is 8.44. The smallest absolute Gasteiger partial charge is 0.142 e. The van der Waals surface area contributed by atoms with Crippen LogP contribution in [0.3, 0.4) is 0 Å². The number of benzene rings is 1. The lowest BCUT2D eigenvalue weighted by molar-refractivity contribution is 0.202. The summed E-state index contributed by atoms with van der Waals surface area (Å²) in [7, 11) is 0. The average molecular weight is 212 g/mol. The first kappa shape index (κ1) is 11.6. The van der Waals surface area contributed by atoms with Crippen LogP contribution in [0.4, 0.5) is 11.4 Å². The van der Waals surface area contributed by atoms with Gasteiger partial charge in [0.2, 0.25) is 0 Å². The second-order valence-corrected chi connectivity index (χ2v) is 2.98. The predicted molar refractivity (Wildman–Crippen MR) is 59.0 cm³/mol. The molecule has 0 unspecified atom stereocenters. The van der Waals surface area contributed by atoms with E-state index in [1.807, 2.05) is 0 Å². The molecule has 0 spiro atoms. The van der Waals surface area contributed by atoms with Gasteiger partial charge in [0.25, 0.3) is 0 Å². The number of nitrogen functional groups attached to an aromatic ring is 1. The maximum atomic E-state index is 8.62. The summed E-state index contributed by atoms with van der Waals surface area (Å²) in [5.41, 5.74) is 7.06. The molecule has 1 rings (SSSR count). The highest BCUT2D eigenvalue weighted by molar-refractivity contribution is 5.62. The van der Waals surface area contributed by atoms with Gasteiger partial charge in [-0.1, -0.05) is 0 Å². The molecule has 0 aliphatic heterocycles. The molecule has 1 aromatic carbocycles. The minimum Gasteiger partial charge on any atom is -0.489 e. The van der Waals surface area contributed by atoms with Crippen LogP contribution in [0.15, 0.2) is 18.2 Å². The quantitative estimate of drug-likeness (QED) is 0.500. The number of rotatable bonds is 6. The Bertz CT molecular complexity index is 305. The Morgan fingerprint density at radius 1 is 1.27 bits per heavy atom.